The number of carboxylic acids is 1. The van der Waals surface area contributed by atoms with Gasteiger partial charge in [0, 0.05) is 22.0 Å². The summed E-state index contributed by atoms with van der Waals surface area (Å²) >= 11 is 2.01. The molecular weight excluding hydrogens is 547 g/mol. The summed E-state index contributed by atoms with van der Waals surface area (Å²) in [6, 6.07) is 20.4. The van der Waals surface area contributed by atoms with Crippen molar-refractivity contribution in [2.45, 2.75) is 25.3 Å². The molecule has 0 aliphatic heterocycles. The van der Waals surface area contributed by atoms with Gasteiger partial charge in [-0.1, -0.05) is 48.5 Å². The van der Waals surface area contributed by atoms with E-state index in [1.807, 2.05) is 59.0 Å². The van der Waals surface area contributed by atoms with Gasteiger partial charge < -0.3 is 20.5 Å². The topological polar surface area (TPSA) is 105 Å². The number of benzene rings is 3. The Balaban J connectivity index is 1.32. The van der Waals surface area contributed by atoms with Gasteiger partial charge in [-0.25, -0.2) is 9.59 Å². The highest BCUT2D eigenvalue weighted by Gasteiger charge is 2.29. The largest absolute Gasteiger partial charge is 0.478 e. The van der Waals surface area contributed by atoms with Crippen LogP contribution >= 0.6 is 22.6 Å². The van der Waals surface area contributed by atoms with Gasteiger partial charge in [0.1, 0.15) is 6.61 Å². The van der Waals surface area contributed by atoms with Crippen molar-refractivity contribution in [1.82, 2.24) is 5.32 Å². The molecule has 0 saturated heterocycles. The molecule has 1 aliphatic carbocycles. The van der Waals surface area contributed by atoms with E-state index >= 15 is 0 Å². The van der Waals surface area contributed by atoms with Crippen LogP contribution in [0.15, 0.2) is 66.7 Å². The Labute approximate surface area is 210 Å². The molecule has 0 unspecified atom stereocenters. The summed E-state index contributed by atoms with van der Waals surface area (Å²) in [5.74, 6) is -1.58. The second kappa shape index (κ2) is 10.3. The maximum absolute atomic E-state index is 12.4. The summed E-state index contributed by atoms with van der Waals surface area (Å²) in [7, 11) is 0. The molecule has 0 heterocycles. The molecule has 1 aliphatic rings. The standard InChI is InChI=1S/C26H23IN2O5/c1-15(12-24(30)29-23-11-10-16(27)13-21(23)25(31)32)28-26(33)34-14-22-19-8-4-2-6-17(19)18-7-3-5-9-20(18)22/h2-11,13,15,22H,12,14H2,1H3,(H,28,33)(H,29,30)(H,31,32)/t15-/m0/s1. The zero-order valence-corrected chi connectivity index (χ0v) is 20.5. The first-order valence-electron chi connectivity index (χ1n) is 10.8. The first-order chi connectivity index (χ1) is 16.3. The third-order valence-corrected chi connectivity index (χ3v) is 6.36. The van der Waals surface area contributed by atoms with E-state index in [4.69, 9.17) is 4.74 Å². The number of hydrogen-bond acceptors (Lipinski definition) is 4. The lowest BCUT2D eigenvalue weighted by Gasteiger charge is -2.17. The number of ether oxygens (including phenoxy) is 1. The molecule has 4 rings (SSSR count). The Morgan fingerprint density at radius 3 is 2.24 bits per heavy atom. The summed E-state index contributed by atoms with van der Waals surface area (Å²) in [5, 5.41) is 14.6. The summed E-state index contributed by atoms with van der Waals surface area (Å²) in [5.41, 5.74) is 4.76. The molecule has 174 valence electrons. The fourth-order valence-corrected chi connectivity index (χ4v) is 4.67. The third kappa shape index (κ3) is 5.22. The molecular formula is C26H23IN2O5. The van der Waals surface area contributed by atoms with Gasteiger partial charge in [0.05, 0.1) is 11.3 Å². The van der Waals surface area contributed by atoms with Crippen molar-refractivity contribution in [1.29, 1.82) is 0 Å². The first kappa shape index (κ1) is 23.7. The molecule has 0 aromatic heterocycles. The van der Waals surface area contributed by atoms with Crippen molar-refractivity contribution in [2.75, 3.05) is 11.9 Å². The van der Waals surface area contributed by atoms with Crippen molar-refractivity contribution in [3.8, 4) is 11.1 Å². The van der Waals surface area contributed by atoms with E-state index in [2.05, 4.69) is 22.8 Å². The number of nitrogens with one attached hydrogen (secondary N) is 2. The predicted molar refractivity (Wildman–Crippen MR) is 137 cm³/mol. The summed E-state index contributed by atoms with van der Waals surface area (Å²) in [6.07, 6.45) is -0.641. The lowest BCUT2D eigenvalue weighted by atomic mass is 9.98. The van der Waals surface area contributed by atoms with Crippen LogP contribution in [0.2, 0.25) is 0 Å². The first-order valence-corrected chi connectivity index (χ1v) is 11.9. The molecule has 0 radical (unpaired) electrons. The van der Waals surface area contributed by atoms with Gasteiger partial charge >= 0.3 is 12.1 Å². The van der Waals surface area contributed by atoms with Gasteiger partial charge in [-0.05, 0) is 70.0 Å². The minimum absolute atomic E-state index is 0.0115. The summed E-state index contributed by atoms with van der Waals surface area (Å²) < 4.78 is 6.26. The molecule has 0 bridgehead atoms. The van der Waals surface area contributed by atoms with Crippen LogP contribution in [0, 0.1) is 3.57 Å². The van der Waals surface area contributed by atoms with E-state index in [9.17, 15) is 19.5 Å². The minimum Gasteiger partial charge on any atom is -0.478 e. The number of aromatic carboxylic acids is 1. The third-order valence-electron chi connectivity index (χ3n) is 5.69. The lowest BCUT2D eigenvalue weighted by molar-refractivity contribution is -0.116. The van der Waals surface area contributed by atoms with Gasteiger partial charge in [-0.2, -0.15) is 0 Å². The molecule has 0 fully saturated rings. The van der Waals surface area contributed by atoms with E-state index < -0.39 is 24.0 Å². The fraction of sp³-hybridized carbons (Fsp3) is 0.192. The molecule has 3 aromatic rings. The highest BCUT2D eigenvalue weighted by Crippen LogP contribution is 2.44. The van der Waals surface area contributed by atoms with E-state index in [0.717, 1.165) is 25.8 Å². The van der Waals surface area contributed by atoms with E-state index in [-0.39, 0.29) is 30.2 Å². The monoisotopic (exact) mass is 570 g/mol. The number of fused-ring (bicyclic) bond motifs is 3. The maximum Gasteiger partial charge on any atom is 0.407 e. The highest BCUT2D eigenvalue weighted by atomic mass is 127. The molecule has 1 atom stereocenters. The normalized spacial score (nSPS) is 12.9. The Morgan fingerprint density at radius 1 is 1.00 bits per heavy atom. The van der Waals surface area contributed by atoms with Gasteiger partial charge in [-0.3, -0.25) is 4.79 Å². The lowest BCUT2D eigenvalue weighted by Crippen LogP contribution is -2.36. The van der Waals surface area contributed by atoms with Gasteiger partial charge in [0.15, 0.2) is 0 Å². The average Bonchev–Trinajstić information content (AvgIpc) is 3.12. The molecule has 0 saturated carbocycles. The van der Waals surface area contributed by atoms with Crippen molar-refractivity contribution in [3.05, 3.63) is 87.0 Å². The molecule has 2 amide bonds. The van der Waals surface area contributed by atoms with Crippen molar-refractivity contribution < 1.29 is 24.2 Å². The fourth-order valence-electron chi connectivity index (χ4n) is 4.17. The zero-order chi connectivity index (χ0) is 24.2. The minimum atomic E-state index is -1.13. The molecule has 3 N–H and O–H groups in total. The zero-order valence-electron chi connectivity index (χ0n) is 18.4. The second-order valence-electron chi connectivity index (χ2n) is 8.12. The van der Waals surface area contributed by atoms with Gasteiger partial charge in [0.25, 0.3) is 0 Å². The Bertz CT molecular complexity index is 1210. The molecule has 7 nitrogen and oxygen atoms in total. The highest BCUT2D eigenvalue weighted by molar-refractivity contribution is 14.1. The van der Waals surface area contributed by atoms with Crippen LogP contribution in [0.25, 0.3) is 11.1 Å². The number of halogens is 1. The maximum atomic E-state index is 12.4. The van der Waals surface area contributed by atoms with Crippen LogP contribution < -0.4 is 10.6 Å². The quantitative estimate of drug-likeness (QED) is 0.337. The van der Waals surface area contributed by atoms with Crippen LogP contribution in [0.1, 0.15) is 40.7 Å². The Hall–Kier alpha value is -3.40. The SMILES string of the molecule is C[C@@H](CC(=O)Nc1ccc(I)cc1C(=O)O)NC(=O)OCC1c2ccccc2-c2ccccc21. The summed E-state index contributed by atoms with van der Waals surface area (Å²) in [6.45, 7) is 1.87. The average molecular weight is 570 g/mol. The number of carbonyl (C=O) groups excluding carboxylic acids is 2. The number of alkyl carbamates (subject to hydrolysis) is 1. The van der Waals surface area contributed by atoms with Crippen LogP contribution in [-0.2, 0) is 9.53 Å². The molecule has 8 heteroatoms. The number of anilines is 1. The second-order valence-corrected chi connectivity index (χ2v) is 9.36. The number of carbonyl (C=O) groups is 3. The molecule has 0 spiro atoms. The number of rotatable bonds is 7. The predicted octanol–water partition coefficient (Wildman–Crippen LogP) is 5.25. The smallest absolute Gasteiger partial charge is 0.407 e. The van der Waals surface area contributed by atoms with E-state index in [1.54, 1.807) is 19.1 Å². The Kier molecular flexibility index (Phi) is 7.16. The molecule has 3 aromatic carbocycles. The van der Waals surface area contributed by atoms with Crippen molar-refractivity contribution >= 4 is 46.2 Å². The van der Waals surface area contributed by atoms with Gasteiger partial charge in [0.2, 0.25) is 5.91 Å². The van der Waals surface area contributed by atoms with Crippen LogP contribution in [0.4, 0.5) is 10.5 Å². The molecule has 34 heavy (non-hydrogen) atoms. The van der Waals surface area contributed by atoms with Crippen molar-refractivity contribution in [3.63, 3.8) is 0 Å². The number of amides is 2. The van der Waals surface area contributed by atoms with Crippen LogP contribution in [-0.4, -0.2) is 35.7 Å². The van der Waals surface area contributed by atoms with Crippen molar-refractivity contribution in [2.24, 2.45) is 0 Å². The van der Waals surface area contributed by atoms with Crippen LogP contribution in [0.3, 0.4) is 0 Å². The van der Waals surface area contributed by atoms with E-state index in [0.29, 0.717) is 0 Å². The summed E-state index contributed by atoms with van der Waals surface area (Å²) in [4.78, 5) is 36.2. The van der Waals surface area contributed by atoms with Crippen LogP contribution in [0.5, 0.6) is 0 Å². The Morgan fingerprint density at radius 2 is 1.62 bits per heavy atom. The number of carboxylic acid groups (broad SMARTS) is 1. The van der Waals surface area contributed by atoms with E-state index in [1.165, 1.54) is 6.07 Å². The number of hydrogen-bond donors (Lipinski definition) is 3. The van der Waals surface area contributed by atoms with Gasteiger partial charge in [-0.15, -0.1) is 0 Å².